The van der Waals surface area contributed by atoms with Gasteiger partial charge in [-0.25, -0.2) is 0 Å². The summed E-state index contributed by atoms with van der Waals surface area (Å²) in [4.78, 5) is 0. The van der Waals surface area contributed by atoms with E-state index in [1.54, 1.807) is 34.8 Å². The van der Waals surface area contributed by atoms with Gasteiger partial charge in [-0.1, -0.05) is 0 Å². The summed E-state index contributed by atoms with van der Waals surface area (Å²) in [6.07, 6.45) is -11.1. The van der Waals surface area contributed by atoms with Crippen LogP contribution in [0.1, 0.15) is 53.4 Å². The molecular weight excluding hydrogens is 508 g/mol. The van der Waals surface area contributed by atoms with E-state index in [-0.39, 0.29) is 31.8 Å². The van der Waals surface area contributed by atoms with E-state index in [0.29, 0.717) is 0 Å². The van der Waals surface area contributed by atoms with E-state index in [4.69, 9.17) is 37.9 Å². The molecule has 0 amide bonds. The SMILES string of the molecule is CO[C@@H]1C[C@H](O)O[C@H](C)[C@H]1O[C@H]1C[C@H](O)[C@H](O[C@H]2C[C@@H](O)[C@H](O[C@H]3C[C@H](O)[C@H](O)[C@@H](C)O3)[C@@H](C)O2)[C@@H](C)O1. The van der Waals surface area contributed by atoms with Crippen LogP contribution in [0.25, 0.3) is 0 Å². The molecule has 0 radical (unpaired) electrons. The van der Waals surface area contributed by atoms with Crippen molar-refractivity contribution >= 4 is 0 Å². The molecule has 4 heterocycles. The zero-order valence-corrected chi connectivity index (χ0v) is 22.6. The highest BCUT2D eigenvalue weighted by Crippen LogP contribution is 2.33. The first kappa shape index (κ1) is 30.4. The first-order chi connectivity index (χ1) is 18.0. The minimum Gasteiger partial charge on any atom is -0.390 e. The summed E-state index contributed by atoms with van der Waals surface area (Å²) in [5, 5.41) is 51.4. The van der Waals surface area contributed by atoms with Gasteiger partial charge in [-0.05, 0) is 27.7 Å². The maximum absolute atomic E-state index is 10.9. The average Bonchev–Trinajstić information content (AvgIpc) is 2.83. The maximum atomic E-state index is 10.9. The summed E-state index contributed by atoms with van der Waals surface area (Å²) >= 11 is 0. The van der Waals surface area contributed by atoms with Crippen LogP contribution in [-0.4, -0.2) is 131 Å². The molecule has 0 unspecified atom stereocenters. The lowest BCUT2D eigenvalue weighted by atomic mass is 9.99. The molecule has 0 aromatic rings. The van der Waals surface area contributed by atoms with Crippen molar-refractivity contribution in [2.75, 3.05) is 7.11 Å². The molecule has 4 aliphatic rings. The van der Waals surface area contributed by atoms with Crippen LogP contribution in [0.3, 0.4) is 0 Å². The van der Waals surface area contributed by atoms with E-state index < -0.39 is 92.3 Å². The Morgan fingerprint density at radius 1 is 0.526 bits per heavy atom. The van der Waals surface area contributed by atoms with Gasteiger partial charge < -0.3 is 63.4 Å². The second-order valence-corrected chi connectivity index (χ2v) is 10.8. The van der Waals surface area contributed by atoms with Gasteiger partial charge in [0.15, 0.2) is 25.2 Å². The highest BCUT2D eigenvalue weighted by Gasteiger charge is 2.46. The fourth-order valence-electron chi connectivity index (χ4n) is 5.69. The topological polar surface area (TPSA) is 175 Å². The molecule has 0 saturated carbocycles. The molecule has 4 fully saturated rings. The molecule has 0 aliphatic carbocycles. The number of methoxy groups -OCH3 is 1. The second-order valence-electron chi connectivity index (χ2n) is 10.8. The number of hydrogen-bond acceptors (Lipinski definition) is 13. The van der Waals surface area contributed by atoms with Crippen LogP contribution in [0.5, 0.6) is 0 Å². The van der Waals surface area contributed by atoms with E-state index in [1.807, 2.05) is 0 Å². The van der Waals surface area contributed by atoms with E-state index in [0.717, 1.165) is 0 Å². The molecule has 4 aliphatic heterocycles. The highest BCUT2D eigenvalue weighted by atomic mass is 16.7. The van der Waals surface area contributed by atoms with Crippen molar-refractivity contribution in [3.8, 4) is 0 Å². The molecular formula is C25H44O13. The predicted molar refractivity (Wildman–Crippen MR) is 127 cm³/mol. The van der Waals surface area contributed by atoms with Crippen LogP contribution >= 0.6 is 0 Å². The number of aliphatic hydroxyl groups excluding tert-OH is 5. The lowest BCUT2D eigenvalue weighted by Gasteiger charge is -2.45. The average molecular weight is 553 g/mol. The van der Waals surface area contributed by atoms with E-state index in [1.165, 1.54) is 0 Å². The molecule has 0 aromatic heterocycles. The van der Waals surface area contributed by atoms with Crippen LogP contribution in [-0.2, 0) is 37.9 Å². The van der Waals surface area contributed by atoms with Crippen molar-refractivity contribution in [1.29, 1.82) is 0 Å². The van der Waals surface area contributed by atoms with E-state index in [2.05, 4.69) is 0 Å². The number of hydrogen-bond donors (Lipinski definition) is 5. The summed E-state index contributed by atoms with van der Waals surface area (Å²) in [5.74, 6) is 0. The van der Waals surface area contributed by atoms with Gasteiger partial charge in [0.25, 0.3) is 0 Å². The Kier molecular flexibility index (Phi) is 10.4. The van der Waals surface area contributed by atoms with Gasteiger partial charge in [0, 0.05) is 32.8 Å². The first-order valence-corrected chi connectivity index (χ1v) is 13.5. The summed E-state index contributed by atoms with van der Waals surface area (Å²) < 4.78 is 46.5. The summed E-state index contributed by atoms with van der Waals surface area (Å²) in [6.45, 7) is 6.92. The molecule has 0 bridgehead atoms. The largest absolute Gasteiger partial charge is 0.390 e. The Morgan fingerprint density at radius 2 is 0.947 bits per heavy atom. The van der Waals surface area contributed by atoms with Crippen molar-refractivity contribution in [1.82, 2.24) is 0 Å². The van der Waals surface area contributed by atoms with Gasteiger partial charge in [0.05, 0.1) is 48.8 Å². The Balaban J connectivity index is 1.28. The van der Waals surface area contributed by atoms with Crippen LogP contribution in [0, 0.1) is 0 Å². The molecule has 38 heavy (non-hydrogen) atoms. The van der Waals surface area contributed by atoms with E-state index >= 15 is 0 Å². The molecule has 0 spiro atoms. The lowest BCUT2D eigenvalue weighted by molar-refractivity contribution is -0.342. The Labute approximate surface area is 222 Å². The first-order valence-electron chi connectivity index (χ1n) is 13.5. The van der Waals surface area contributed by atoms with Crippen LogP contribution in [0.2, 0.25) is 0 Å². The number of rotatable bonds is 7. The molecule has 0 aromatic carbocycles. The zero-order chi connectivity index (χ0) is 27.7. The Hall–Kier alpha value is -0.520. The fourth-order valence-corrected chi connectivity index (χ4v) is 5.69. The van der Waals surface area contributed by atoms with E-state index in [9.17, 15) is 25.5 Å². The number of aliphatic hydroxyl groups is 5. The molecule has 13 nitrogen and oxygen atoms in total. The molecule has 4 saturated heterocycles. The predicted octanol–water partition coefficient (Wildman–Crippen LogP) is -0.867. The monoisotopic (exact) mass is 552 g/mol. The zero-order valence-electron chi connectivity index (χ0n) is 22.6. The van der Waals surface area contributed by atoms with Crippen molar-refractivity contribution in [3.05, 3.63) is 0 Å². The lowest BCUT2D eigenvalue weighted by Crippen LogP contribution is -2.57. The summed E-state index contributed by atoms with van der Waals surface area (Å²) in [7, 11) is 1.54. The van der Waals surface area contributed by atoms with Gasteiger partial charge in [-0.3, -0.25) is 0 Å². The standard InChI is InChI=1S/C25H44O13/c1-10-22(30)14(26)6-19(33-10)36-23-11(2)34-20(7-15(23)27)37-24-12(3)35-21(8-16(24)28)38-25-13(4)32-18(29)9-17(25)31-5/h10-30H,6-9H2,1-5H3/t10-,11-,12-,13-,14+,15-,16+,17-,18-,19+,20+,21+,22-,23-,24-,25-/m1/s1. The summed E-state index contributed by atoms with van der Waals surface area (Å²) in [6, 6.07) is 0. The third kappa shape index (κ3) is 7.03. The van der Waals surface area contributed by atoms with Gasteiger partial charge in [-0.2, -0.15) is 0 Å². The maximum Gasteiger partial charge on any atom is 0.161 e. The van der Waals surface area contributed by atoms with Gasteiger partial charge in [-0.15, -0.1) is 0 Å². The van der Waals surface area contributed by atoms with Crippen molar-refractivity contribution in [3.63, 3.8) is 0 Å². The number of ether oxygens (including phenoxy) is 8. The smallest absolute Gasteiger partial charge is 0.161 e. The Morgan fingerprint density at radius 3 is 1.39 bits per heavy atom. The molecule has 13 heteroatoms. The molecule has 4 rings (SSSR count). The molecule has 5 N–H and O–H groups in total. The fraction of sp³-hybridized carbons (Fsp3) is 1.00. The van der Waals surface area contributed by atoms with Crippen LogP contribution < -0.4 is 0 Å². The van der Waals surface area contributed by atoms with Crippen LogP contribution in [0.4, 0.5) is 0 Å². The Bertz CT molecular complexity index is 708. The third-order valence-electron chi connectivity index (χ3n) is 7.82. The highest BCUT2D eigenvalue weighted by molar-refractivity contribution is 4.89. The molecule has 222 valence electrons. The minimum absolute atomic E-state index is 0.0746. The molecule has 16 atom stereocenters. The van der Waals surface area contributed by atoms with Gasteiger partial charge >= 0.3 is 0 Å². The van der Waals surface area contributed by atoms with Crippen molar-refractivity contribution in [2.24, 2.45) is 0 Å². The third-order valence-corrected chi connectivity index (χ3v) is 7.82. The van der Waals surface area contributed by atoms with Crippen molar-refractivity contribution in [2.45, 2.75) is 152 Å². The van der Waals surface area contributed by atoms with Gasteiger partial charge in [0.1, 0.15) is 24.4 Å². The van der Waals surface area contributed by atoms with Crippen molar-refractivity contribution < 1.29 is 63.4 Å². The summed E-state index contributed by atoms with van der Waals surface area (Å²) in [5.41, 5.74) is 0. The van der Waals surface area contributed by atoms with Crippen LogP contribution in [0.15, 0.2) is 0 Å². The van der Waals surface area contributed by atoms with Gasteiger partial charge in [0.2, 0.25) is 0 Å². The second kappa shape index (κ2) is 13.0. The normalized spacial score (nSPS) is 52.6. The quantitative estimate of drug-likeness (QED) is 0.264. The minimum atomic E-state index is -0.998.